The summed E-state index contributed by atoms with van der Waals surface area (Å²) in [6.45, 7) is 2.95. The molecule has 31 heavy (non-hydrogen) atoms. The Morgan fingerprint density at radius 2 is 1.55 bits per heavy atom. The molecule has 0 aromatic heterocycles. The van der Waals surface area contributed by atoms with Gasteiger partial charge in [0.1, 0.15) is 0 Å². The maximum Gasteiger partial charge on any atom is 0.308 e. The zero-order valence-electron chi connectivity index (χ0n) is 17.4. The first-order valence-corrected chi connectivity index (χ1v) is 9.72. The second-order valence-corrected chi connectivity index (χ2v) is 6.66. The lowest BCUT2D eigenvalue weighted by molar-refractivity contribution is -0.153. The van der Waals surface area contributed by atoms with Crippen LogP contribution >= 0.6 is 0 Å². The molecule has 0 radical (unpaired) electrons. The molecule has 162 valence electrons. The number of ether oxygens (including phenoxy) is 1. The average molecular weight is 423 g/mol. The maximum absolute atomic E-state index is 12.2. The first-order chi connectivity index (χ1) is 14.8. The van der Waals surface area contributed by atoms with Crippen LogP contribution in [0.5, 0.6) is 0 Å². The third-order valence-corrected chi connectivity index (χ3v) is 4.01. The number of esters is 1. The molecule has 0 aliphatic carbocycles. The number of amides is 3. The van der Waals surface area contributed by atoms with E-state index in [1.165, 1.54) is 19.9 Å². The van der Waals surface area contributed by atoms with Crippen LogP contribution in [-0.4, -0.2) is 36.3 Å². The Hall–Kier alpha value is -3.94. The standard InChI is InChI=1S/C23H25N3O5/c1-16(23(30)26-20-11-9-19(10-12-20)25-17(2)27)31-22(29)14-15-24-21(28)13-8-18-6-4-3-5-7-18/h3-13,16H,14-15H2,1-2H3,(H,24,28)(H,25,27)(H,26,30)/b13-8+/t16-/m0/s1. The van der Waals surface area contributed by atoms with Gasteiger partial charge in [-0.3, -0.25) is 19.2 Å². The fourth-order valence-corrected chi connectivity index (χ4v) is 2.48. The lowest BCUT2D eigenvalue weighted by Crippen LogP contribution is -2.31. The highest BCUT2D eigenvalue weighted by molar-refractivity contribution is 5.96. The van der Waals surface area contributed by atoms with Gasteiger partial charge in [0.2, 0.25) is 11.8 Å². The van der Waals surface area contributed by atoms with Crippen molar-refractivity contribution in [3.63, 3.8) is 0 Å². The second kappa shape index (κ2) is 11.9. The van der Waals surface area contributed by atoms with Gasteiger partial charge >= 0.3 is 5.97 Å². The summed E-state index contributed by atoms with van der Waals surface area (Å²) in [5.74, 6) is -1.61. The van der Waals surface area contributed by atoms with E-state index < -0.39 is 18.0 Å². The maximum atomic E-state index is 12.2. The van der Waals surface area contributed by atoms with Crippen LogP contribution in [0.3, 0.4) is 0 Å². The Morgan fingerprint density at radius 3 is 2.16 bits per heavy atom. The molecule has 2 aromatic rings. The van der Waals surface area contributed by atoms with Crippen molar-refractivity contribution in [1.82, 2.24) is 5.32 Å². The third kappa shape index (κ3) is 8.95. The molecular formula is C23H25N3O5. The van der Waals surface area contributed by atoms with Gasteiger partial charge in [-0.15, -0.1) is 0 Å². The van der Waals surface area contributed by atoms with Gasteiger partial charge in [-0.25, -0.2) is 0 Å². The SMILES string of the molecule is CC(=O)Nc1ccc(NC(=O)[C@H](C)OC(=O)CCNC(=O)/C=C/c2ccccc2)cc1. The summed E-state index contributed by atoms with van der Waals surface area (Å²) in [7, 11) is 0. The molecule has 0 saturated heterocycles. The number of carbonyl (C=O) groups excluding carboxylic acids is 4. The Kier molecular flexibility index (Phi) is 8.97. The Labute approximate surface area is 180 Å². The Morgan fingerprint density at radius 1 is 0.935 bits per heavy atom. The van der Waals surface area contributed by atoms with Crippen LogP contribution in [-0.2, 0) is 23.9 Å². The monoisotopic (exact) mass is 423 g/mol. The summed E-state index contributed by atoms with van der Waals surface area (Å²) in [5.41, 5.74) is 1.99. The number of anilines is 2. The molecule has 2 aromatic carbocycles. The minimum atomic E-state index is -1.00. The summed E-state index contributed by atoms with van der Waals surface area (Å²) in [4.78, 5) is 46.9. The van der Waals surface area contributed by atoms with Crippen LogP contribution in [0, 0.1) is 0 Å². The van der Waals surface area contributed by atoms with E-state index in [9.17, 15) is 19.2 Å². The molecule has 0 aliphatic heterocycles. The summed E-state index contributed by atoms with van der Waals surface area (Å²) in [6.07, 6.45) is 1.99. The molecule has 3 amide bonds. The van der Waals surface area contributed by atoms with Crippen molar-refractivity contribution in [2.75, 3.05) is 17.2 Å². The molecule has 0 unspecified atom stereocenters. The van der Waals surface area contributed by atoms with E-state index in [0.717, 1.165) is 5.56 Å². The topological polar surface area (TPSA) is 114 Å². The van der Waals surface area contributed by atoms with Gasteiger partial charge in [0.25, 0.3) is 5.91 Å². The van der Waals surface area contributed by atoms with Crippen molar-refractivity contribution in [3.05, 3.63) is 66.2 Å². The predicted octanol–water partition coefficient (Wildman–Crippen LogP) is 2.73. The lowest BCUT2D eigenvalue weighted by atomic mass is 10.2. The van der Waals surface area contributed by atoms with Gasteiger partial charge in [0.05, 0.1) is 6.42 Å². The first-order valence-electron chi connectivity index (χ1n) is 9.72. The normalized spacial score (nSPS) is 11.4. The Balaban J connectivity index is 1.70. The van der Waals surface area contributed by atoms with Crippen molar-refractivity contribution < 1.29 is 23.9 Å². The molecule has 0 spiro atoms. The number of rotatable bonds is 9. The van der Waals surface area contributed by atoms with Crippen LogP contribution in [0.25, 0.3) is 6.08 Å². The van der Waals surface area contributed by atoms with Crippen molar-refractivity contribution in [3.8, 4) is 0 Å². The van der Waals surface area contributed by atoms with Gasteiger partial charge < -0.3 is 20.7 Å². The Bertz CT molecular complexity index is 939. The molecule has 0 bridgehead atoms. The number of hydrogen-bond donors (Lipinski definition) is 3. The minimum absolute atomic E-state index is 0.0616. The van der Waals surface area contributed by atoms with Crippen LogP contribution < -0.4 is 16.0 Å². The summed E-state index contributed by atoms with van der Waals surface area (Å²) < 4.78 is 5.09. The van der Waals surface area contributed by atoms with Gasteiger partial charge in [0.15, 0.2) is 6.10 Å². The average Bonchev–Trinajstić information content (AvgIpc) is 2.74. The van der Waals surface area contributed by atoms with E-state index in [0.29, 0.717) is 11.4 Å². The van der Waals surface area contributed by atoms with E-state index in [-0.39, 0.29) is 24.8 Å². The van der Waals surface area contributed by atoms with Gasteiger partial charge in [-0.05, 0) is 42.8 Å². The van der Waals surface area contributed by atoms with E-state index >= 15 is 0 Å². The van der Waals surface area contributed by atoms with E-state index in [4.69, 9.17) is 4.74 Å². The number of hydrogen-bond acceptors (Lipinski definition) is 5. The fraction of sp³-hybridized carbons (Fsp3) is 0.217. The molecule has 1 atom stereocenters. The van der Waals surface area contributed by atoms with Crippen LogP contribution in [0.2, 0.25) is 0 Å². The fourth-order valence-electron chi connectivity index (χ4n) is 2.48. The number of nitrogens with one attached hydrogen (secondary N) is 3. The van der Waals surface area contributed by atoms with Crippen molar-refractivity contribution in [1.29, 1.82) is 0 Å². The van der Waals surface area contributed by atoms with Crippen LogP contribution in [0.1, 0.15) is 25.8 Å². The molecular weight excluding hydrogens is 398 g/mol. The molecule has 0 aliphatic rings. The first kappa shape index (κ1) is 23.3. The summed E-state index contributed by atoms with van der Waals surface area (Å²) >= 11 is 0. The minimum Gasteiger partial charge on any atom is -0.452 e. The van der Waals surface area contributed by atoms with Gasteiger partial charge in [0, 0.05) is 30.9 Å². The smallest absolute Gasteiger partial charge is 0.308 e. The zero-order valence-corrected chi connectivity index (χ0v) is 17.4. The van der Waals surface area contributed by atoms with Crippen molar-refractivity contribution >= 4 is 41.1 Å². The molecule has 0 fully saturated rings. The highest BCUT2D eigenvalue weighted by Crippen LogP contribution is 2.14. The summed E-state index contributed by atoms with van der Waals surface area (Å²) in [5, 5.41) is 7.84. The van der Waals surface area contributed by atoms with Crippen LogP contribution in [0.4, 0.5) is 11.4 Å². The van der Waals surface area contributed by atoms with E-state index in [1.54, 1.807) is 30.3 Å². The van der Waals surface area contributed by atoms with Gasteiger partial charge in [-0.2, -0.15) is 0 Å². The van der Waals surface area contributed by atoms with E-state index in [2.05, 4.69) is 16.0 Å². The molecule has 2 rings (SSSR count). The summed E-state index contributed by atoms with van der Waals surface area (Å²) in [6, 6.07) is 15.9. The quantitative estimate of drug-likeness (QED) is 0.424. The van der Waals surface area contributed by atoms with Crippen molar-refractivity contribution in [2.24, 2.45) is 0 Å². The largest absolute Gasteiger partial charge is 0.452 e. The second-order valence-electron chi connectivity index (χ2n) is 6.66. The number of benzene rings is 2. The molecule has 3 N–H and O–H groups in total. The van der Waals surface area contributed by atoms with Crippen molar-refractivity contribution in [2.45, 2.75) is 26.4 Å². The zero-order chi connectivity index (χ0) is 22.6. The lowest BCUT2D eigenvalue weighted by Gasteiger charge is -2.14. The van der Waals surface area contributed by atoms with Crippen LogP contribution in [0.15, 0.2) is 60.7 Å². The predicted molar refractivity (Wildman–Crippen MR) is 118 cm³/mol. The highest BCUT2D eigenvalue weighted by atomic mass is 16.5. The molecule has 8 nitrogen and oxygen atoms in total. The highest BCUT2D eigenvalue weighted by Gasteiger charge is 2.18. The van der Waals surface area contributed by atoms with Gasteiger partial charge in [-0.1, -0.05) is 30.3 Å². The molecule has 8 heteroatoms. The third-order valence-electron chi connectivity index (χ3n) is 4.01. The molecule has 0 heterocycles. The number of carbonyl (C=O) groups is 4. The van der Waals surface area contributed by atoms with E-state index in [1.807, 2.05) is 30.3 Å². The molecule has 0 saturated carbocycles.